The summed E-state index contributed by atoms with van der Waals surface area (Å²) in [5, 5.41) is 4.36. The molecule has 14 rings (SSSR count). The van der Waals surface area contributed by atoms with E-state index in [1.807, 2.05) is 85.3 Å². The molecule has 0 atom stereocenters. The van der Waals surface area contributed by atoms with Crippen LogP contribution in [0.2, 0.25) is 0 Å². The molecule has 0 fully saturated rings. The quantitative estimate of drug-likeness (QED) is 0.108. The molecule has 376 valence electrons. The molecular weight excluding hydrogens is 1140 g/mol. The first kappa shape index (κ1) is 49.3. The molecule has 0 aliphatic heterocycles. The Hall–Kier alpha value is -9.32. The minimum absolute atomic E-state index is 0. The molecule has 0 amide bonds. The van der Waals surface area contributed by atoms with Gasteiger partial charge >= 0.3 is 20.1 Å². The van der Waals surface area contributed by atoms with E-state index in [4.69, 9.17) is 23.8 Å². The van der Waals surface area contributed by atoms with Crippen LogP contribution in [0.15, 0.2) is 252 Å². The molecule has 0 saturated heterocycles. The van der Waals surface area contributed by atoms with Gasteiger partial charge in [-0.15, -0.1) is 108 Å². The molecule has 0 unspecified atom stereocenters. The number of fused-ring (bicyclic) bond motifs is 6. The van der Waals surface area contributed by atoms with Gasteiger partial charge in [-0.1, -0.05) is 109 Å². The third kappa shape index (κ3) is 10.0. The normalized spacial score (nSPS) is 11.4. The summed E-state index contributed by atoms with van der Waals surface area (Å²) >= 11 is 0. The number of nitrogens with zero attached hydrogens (tertiary/aromatic N) is 3. The van der Waals surface area contributed by atoms with Gasteiger partial charge < -0.3 is 23.8 Å². The predicted molar refractivity (Wildman–Crippen MR) is 317 cm³/mol. The van der Waals surface area contributed by atoms with Crippen molar-refractivity contribution in [3.8, 4) is 78.3 Å². The van der Waals surface area contributed by atoms with Gasteiger partial charge in [0.05, 0.1) is 0 Å². The maximum atomic E-state index is 6.80. The van der Waals surface area contributed by atoms with Crippen molar-refractivity contribution in [1.82, 2.24) is 15.0 Å². The zero-order chi connectivity index (χ0) is 51.8. The van der Waals surface area contributed by atoms with Crippen LogP contribution >= 0.6 is 0 Å². The Labute approximate surface area is 472 Å². The Balaban J connectivity index is 0.00000591. The van der Waals surface area contributed by atoms with E-state index >= 15 is 0 Å². The van der Waals surface area contributed by atoms with Crippen LogP contribution in [-0.4, -0.2) is 15.0 Å². The second kappa shape index (κ2) is 21.6. The Morgan fingerprint density at radius 2 is 0.747 bits per heavy atom. The van der Waals surface area contributed by atoms with Crippen LogP contribution in [0.1, 0.15) is 22.3 Å². The van der Waals surface area contributed by atoms with Gasteiger partial charge in [-0.2, -0.15) is 0 Å². The number of benzene rings is 9. The first-order valence-electron chi connectivity index (χ1n) is 26.5. The monoisotopic (exact) mass is 1190 g/mol. The molecule has 0 spiro atoms. The molecule has 6 heteroatoms. The van der Waals surface area contributed by atoms with Gasteiger partial charge in [0.15, 0.2) is 0 Å². The topological polar surface area (TPSA) is 65.0 Å². The van der Waals surface area contributed by atoms with Crippen molar-refractivity contribution in [3.05, 3.63) is 283 Å². The first-order chi connectivity index (χ1) is 38.6. The average Bonchev–Trinajstić information content (AvgIpc) is 4.19. The summed E-state index contributed by atoms with van der Waals surface area (Å²) in [5.74, 6) is 0. The second-order valence-electron chi connectivity index (χ2n) is 20.0. The third-order valence-corrected chi connectivity index (χ3v) is 15.0. The van der Waals surface area contributed by atoms with Crippen molar-refractivity contribution < 1.29 is 28.9 Å². The number of rotatable bonds is 13. The molecule has 14 aromatic rings. The van der Waals surface area contributed by atoms with Crippen LogP contribution in [0.25, 0.3) is 122 Å². The number of hydrogen-bond acceptors (Lipinski definition) is 5. The van der Waals surface area contributed by atoms with Crippen molar-refractivity contribution in [2.45, 2.75) is 25.7 Å². The van der Waals surface area contributed by atoms with Crippen LogP contribution in [0.3, 0.4) is 0 Å². The van der Waals surface area contributed by atoms with Crippen molar-refractivity contribution in [3.63, 3.8) is 0 Å². The molecule has 0 saturated carbocycles. The van der Waals surface area contributed by atoms with Crippen molar-refractivity contribution in [2.24, 2.45) is 0 Å². The molecule has 79 heavy (non-hydrogen) atoms. The summed E-state index contributed by atoms with van der Waals surface area (Å²) in [7, 11) is 0. The molecular formula is C73H48IrN3O2. The van der Waals surface area contributed by atoms with Crippen molar-refractivity contribution in [2.75, 3.05) is 0 Å². The Morgan fingerprint density at radius 1 is 0.291 bits per heavy atom. The van der Waals surface area contributed by atoms with Crippen molar-refractivity contribution in [1.29, 1.82) is 0 Å². The molecule has 5 aromatic heterocycles. The predicted octanol–water partition coefficient (Wildman–Crippen LogP) is 18.3. The van der Waals surface area contributed by atoms with Gasteiger partial charge in [-0.05, 0) is 146 Å². The van der Waals surface area contributed by atoms with Crippen molar-refractivity contribution >= 4 is 43.9 Å². The molecule has 0 N–H and O–H groups in total. The van der Waals surface area contributed by atoms with Gasteiger partial charge in [-0.3, -0.25) is 0 Å². The van der Waals surface area contributed by atoms with Crippen LogP contribution in [0, 0.1) is 18.2 Å². The molecule has 5 nitrogen and oxygen atoms in total. The van der Waals surface area contributed by atoms with Gasteiger partial charge in [0.25, 0.3) is 0 Å². The summed E-state index contributed by atoms with van der Waals surface area (Å²) < 4.78 is 13.1. The molecule has 0 bridgehead atoms. The van der Waals surface area contributed by atoms with Crippen LogP contribution in [0.5, 0.6) is 0 Å². The Morgan fingerprint density at radius 3 is 1.29 bits per heavy atom. The molecule has 9 aromatic carbocycles. The summed E-state index contributed by atoms with van der Waals surface area (Å²) in [5.41, 5.74) is 22.6. The molecule has 0 aliphatic carbocycles. The maximum Gasteiger partial charge on any atom is 3.00 e. The number of para-hydroxylation sites is 1. The summed E-state index contributed by atoms with van der Waals surface area (Å²) in [6.45, 7) is 0. The zero-order valence-corrected chi connectivity index (χ0v) is 45.3. The Kier molecular flexibility index (Phi) is 13.5. The summed E-state index contributed by atoms with van der Waals surface area (Å²) in [6, 6.07) is 88.5. The number of aromatic nitrogens is 3. The van der Waals surface area contributed by atoms with E-state index in [-0.39, 0.29) is 20.1 Å². The minimum Gasteiger partial charge on any atom is -0.456 e. The summed E-state index contributed by atoms with van der Waals surface area (Å²) in [6.07, 6.45) is 9.48. The molecule has 5 heterocycles. The Bertz CT molecular complexity index is 4370. The molecule has 0 radical (unpaired) electrons. The maximum absolute atomic E-state index is 6.80. The smallest absolute Gasteiger partial charge is 0.456 e. The SMILES string of the molecule is [Ir+3].[c-]1ccccc1-c1ccc(CCc2cc(CCc3ccc(-c4[c-]cccc4)nc3)cc(-c3ccccc3-c3cnc(-c4[c-]cccc4)cc3-c3ccc4c(c3)oc3cc(-c5ccc6c(c5)oc5ccccc56)ccc34)c2)cn1. The van der Waals surface area contributed by atoms with E-state index < -0.39 is 0 Å². The fourth-order valence-electron chi connectivity index (χ4n) is 11.0. The van der Waals surface area contributed by atoms with E-state index in [9.17, 15) is 0 Å². The van der Waals surface area contributed by atoms with Crippen LogP contribution in [0.4, 0.5) is 0 Å². The van der Waals surface area contributed by atoms with Gasteiger partial charge in [0.2, 0.25) is 0 Å². The number of furan rings is 2. The van der Waals surface area contributed by atoms with Gasteiger partial charge in [-0.25, -0.2) is 0 Å². The number of aryl methyl sites for hydroxylation is 4. The fraction of sp³-hybridized carbons (Fsp3) is 0.0548. The minimum atomic E-state index is 0. The zero-order valence-electron chi connectivity index (χ0n) is 42.9. The summed E-state index contributed by atoms with van der Waals surface area (Å²) in [4.78, 5) is 14.8. The second-order valence-corrected chi connectivity index (χ2v) is 20.0. The first-order valence-corrected chi connectivity index (χ1v) is 26.5. The van der Waals surface area contributed by atoms with E-state index in [1.165, 1.54) is 22.3 Å². The number of pyridine rings is 3. The third-order valence-electron chi connectivity index (χ3n) is 15.0. The van der Waals surface area contributed by atoms with Gasteiger partial charge in [0, 0.05) is 45.7 Å². The number of hydrogen-bond donors (Lipinski definition) is 0. The van der Waals surface area contributed by atoms with E-state index in [1.54, 1.807) is 0 Å². The van der Waals surface area contributed by atoms with E-state index in [0.29, 0.717) is 0 Å². The van der Waals surface area contributed by atoms with E-state index in [2.05, 4.69) is 176 Å². The largest absolute Gasteiger partial charge is 3.00 e. The standard InChI is InChI=1S/C73H48N3O2.Ir/c1-4-14-52(15-5-1)67-36-28-48(45-74-67)24-26-50-38-51(27-25-49-29-37-68(75-46-49)53-16-6-2-7-17-53)40-58(39-50)59-20-10-11-21-60(59)66-47-76-69(54-18-8-3-9-19-54)44-65(66)57-32-35-64-63-34-31-56(42-72(63)78-73(64)43-57)55-30-33-62-61-22-12-13-23-70(61)77-71(62)41-55;/h1-14,16,18,20-23,28-47H,24-27H2;/q-3;+3. The van der Waals surface area contributed by atoms with Gasteiger partial charge in [0.1, 0.15) is 22.3 Å². The average molecular weight is 1190 g/mol. The van der Waals surface area contributed by atoms with Crippen LogP contribution in [-0.2, 0) is 45.8 Å². The van der Waals surface area contributed by atoms with E-state index in [0.717, 1.165) is 148 Å². The fourth-order valence-corrected chi connectivity index (χ4v) is 11.0. The van der Waals surface area contributed by atoms with Crippen LogP contribution < -0.4 is 0 Å². The molecule has 0 aliphatic rings.